The highest BCUT2D eigenvalue weighted by atomic mass is 79.9. The van der Waals surface area contributed by atoms with Gasteiger partial charge in [-0.15, -0.1) is 0 Å². The lowest BCUT2D eigenvalue weighted by Crippen LogP contribution is -2.09. The van der Waals surface area contributed by atoms with Gasteiger partial charge in [0.2, 0.25) is 0 Å². The molecular formula is C12H10BrF2NO3. The summed E-state index contributed by atoms with van der Waals surface area (Å²) in [5, 5.41) is 8.82. The molecule has 1 aromatic rings. The fourth-order valence-corrected chi connectivity index (χ4v) is 1.86. The van der Waals surface area contributed by atoms with E-state index in [1.165, 1.54) is 12.1 Å². The lowest BCUT2D eigenvalue weighted by molar-refractivity contribution is -0.142. The molecule has 0 fully saturated rings. The minimum Gasteiger partial charge on any atom is -0.466 e. The minimum atomic E-state index is -3.01. The van der Waals surface area contributed by atoms with Gasteiger partial charge in [-0.05, 0) is 40.5 Å². The molecule has 0 heterocycles. The molecule has 19 heavy (non-hydrogen) atoms. The first-order valence-electron chi connectivity index (χ1n) is 5.30. The van der Waals surface area contributed by atoms with Crippen molar-refractivity contribution in [3.63, 3.8) is 0 Å². The number of rotatable bonds is 5. The predicted molar refractivity (Wildman–Crippen MR) is 65.8 cm³/mol. The third-order valence-corrected chi connectivity index (χ3v) is 3.00. The molecule has 102 valence electrons. The summed E-state index contributed by atoms with van der Waals surface area (Å²) in [6, 6.07) is 4.40. The van der Waals surface area contributed by atoms with Gasteiger partial charge >= 0.3 is 12.6 Å². The summed E-state index contributed by atoms with van der Waals surface area (Å²) in [4.78, 5) is 11.4. The molecule has 0 aliphatic rings. The maximum atomic E-state index is 12.2. The van der Waals surface area contributed by atoms with Gasteiger partial charge < -0.3 is 9.47 Å². The van der Waals surface area contributed by atoms with Crippen molar-refractivity contribution in [2.75, 3.05) is 6.61 Å². The Kier molecular flexibility index (Phi) is 5.70. The smallest absolute Gasteiger partial charge is 0.387 e. The van der Waals surface area contributed by atoms with E-state index in [0.717, 1.165) is 0 Å². The van der Waals surface area contributed by atoms with Gasteiger partial charge in [0.25, 0.3) is 0 Å². The molecule has 0 aliphatic heterocycles. The standard InChI is InChI=1S/C12H10BrF2NO3/c1-2-18-10(17)5-8-3-7(6-16)4-9(11(8)13)19-12(14)15/h3-4,12H,2,5H2,1H3. The van der Waals surface area contributed by atoms with Crippen molar-refractivity contribution < 1.29 is 23.0 Å². The van der Waals surface area contributed by atoms with Gasteiger partial charge in [0, 0.05) is 0 Å². The van der Waals surface area contributed by atoms with Crippen molar-refractivity contribution in [3.8, 4) is 11.8 Å². The van der Waals surface area contributed by atoms with E-state index in [2.05, 4.69) is 20.7 Å². The third-order valence-electron chi connectivity index (χ3n) is 2.10. The molecule has 4 nitrogen and oxygen atoms in total. The van der Waals surface area contributed by atoms with Crippen molar-refractivity contribution in [1.29, 1.82) is 5.26 Å². The van der Waals surface area contributed by atoms with Crippen LogP contribution in [0.5, 0.6) is 5.75 Å². The Hall–Kier alpha value is -1.68. The quantitative estimate of drug-likeness (QED) is 0.777. The average Bonchev–Trinajstić information content (AvgIpc) is 2.33. The van der Waals surface area contributed by atoms with Crippen molar-refractivity contribution in [2.24, 2.45) is 0 Å². The lowest BCUT2D eigenvalue weighted by Gasteiger charge is -2.11. The fraction of sp³-hybridized carbons (Fsp3) is 0.333. The second-order valence-corrected chi connectivity index (χ2v) is 4.21. The molecule has 0 unspecified atom stereocenters. The average molecular weight is 334 g/mol. The Balaban J connectivity index is 3.09. The lowest BCUT2D eigenvalue weighted by atomic mass is 10.1. The number of nitriles is 1. The molecule has 0 amide bonds. The first-order chi connectivity index (χ1) is 8.97. The van der Waals surface area contributed by atoms with Crippen LogP contribution in [0.1, 0.15) is 18.1 Å². The molecule has 7 heteroatoms. The molecule has 0 spiro atoms. The summed E-state index contributed by atoms with van der Waals surface area (Å²) in [7, 11) is 0. The number of alkyl halides is 2. The van der Waals surface area contributed by atoms with Crippen LogP contribution in [0.4, 0.5) is 8.78 Å². The van der Waals surface area contributed by atoms with Crippen LogP contribution < -0.4 is 4.74 Å². The fourth-order valence-electron chi connectivity index (χ4n) is 1.40. The Morgan fingerprint density at radius 2 is 2.21 bits per heavy atom. The number of benzene rings is 1. The molecule has 0 aromatic heterocycles. The second kappa shape index (κ2) is 7.04. The van der Waals surface area contributed by atoms with Crippen LogP contribution in [-0.4, -0.2) is 19.2 Å². The number of hydrogen-bond donors (Lipinski definition) is 0. The van der Waals surface area contributed by atoms with Gasteiger partial charge in [0.1, 0.15) is 5.75 Å². The normalized spacial score (nSPS) is 10.1. The number of ether oxygens (including phenoxy) is 2. The Labute approximate surface area is 117 Å². The van der Waals surface area contributed by atoms with Crippen LogP contribution in [0.2, 0.25) is 0 Å². The summed E-state index contributed by atoms with van der Waals surface area (Å²) in [6.45, 7) is -1.14. The van der Waals surface area contributed by atoms with Crippen LogP contribution in [-0.2, 0) is 16.0 Å². The molecule has 0 bridgehead atoms. The first kappa shape index (κ1) is 15.4. The maximum Gasteiger partial charge on any atom is 0.387 e. The van der Waals surface area contributed by atoms with Gasteiger partial charge in [-0.25, -0.2) is 0 Å². The van der Waals surface area contributed by atoms with E-state index < -0.39 is 12.6 Å². The zero-order valence-electron chi connectivity index (χ0n) is 9.95. The first-order valence-corrected chi connectivity index (χ1v) is 6.10. The zero-order valence-corrected chi connectivity index (χ0v) is 11.5. The summed E-state index contributed by atoms with van der Waals surface area (Å²) in [6.07, 6.45) is -0.135. The molecule has 0 saturated heterocycles. The van der Waals surface area contributed by atoms with E-state index in [4.69, 9.17) is 10.00 Å². The van der Waals surface area contributed by atoms with E-state index in [9.17, 15) is 13.6 Å². The van der Waals surface area contributed by atoms with Gasteiger partial charge in [-0.1, -0.05) is 0 Å². The number of carbonyl (C=O) groups is 1. The van der Waals surface area contributed by atoms with E-state index in [-0.39, 0.29) is 28.8 Å². The summed E-state index contributed by atoms with van der Waals surface area (Å²) in [5.74, 6) is -0.699. The number of nitrogens with zero attached hydrogens (tertiary/aromatic N) is 1. The van der Waals surface area contributed by atoms with Crippen LogP contribution in [0, 0.1) is 11.3 Å². The number of esters is 1. The third kappa shape index (κ3) is 4.48. The highest BCUT2D eigenvalue weighted by molar-refractivity contribution is 9.10. The van der Waals surface area contributed by atoms with Gasteiger partial charge in [-0.3, -0.25) is 4.79 Å². The molecular weight excluding hydrogens is 324 g/mol. The molecule has 0 saturated carbocycles. The molecule has 0 aliphatic carbocycles. The number of hydrogen-bond acceptors (Lipinski definition) is 4. The Bertz CT molecular complexity index is 514. The predicted octanol–water partition coefficient (Wildman–Crippen LogP) is 3.03. The van der Waals surface area contributed by atoms with Crippen molar-refractivity contribution in [1.82, 2.24) is 0 Å². The summed E-state index contributed by atoms with van der Waals surface area (Å²) < 4.78 is 33.7. The van der Waals surface area contributed by atoms with E-state index in [1.807, 2.05) is 6.07 Å². The van der Waals surface area contributed by atoms with Gasteiger partial charge in [0.15, 0.2) is 0 Å². The van der Waals surface area contributed by atoms with E-state index >= 15 is 0 Å². The molecule has 1 rings (SSSR count). The van der Waals surface area contributed by atoms with Crippen LogP contribution in [0.25, 0.3) is 0 Å². The maximum absolute atomic E-state index is 12.2. The highest BCUT2D eigenvalue weighted by Gasteiger charge is 2.16. The highest BCUT2D eigenvalue weighted by Crippen LogP contribution is 2.32. The topological polar surface area (TPSA) is 59.3 Å². The SMILES string of the molecule is CCOC(=O)Cc1cc(C#N)cc(OC(F)F)c1Br. The van der Waals surface area contributed by atoms with Crippen molar-refractivity contribution >= 4 is 21.9 Å². The molecule has 1 aromatic carbocycles. The monoisotopic (exact) mass is 333 g/mol. The van der Waals surface area contributed by atoms with Crippen LogP contribution in [0.3, 0.4) is 0 Å². The Morgan fingerprint density at radius 3 is 2.74 bits per heavy atom. The van der Waals surface area contributed by atoms with Crippen molar-refractivity contribution in [2.45, 2.75) is 20.0 Å². The summed E-state index contributed by atoms with van der Waals surface area (Å²) in [5.41, 5.74) is 0.478. The second-order valence-electron chi connectivity index (χ2n) is 3.42. The van der Waals surface area contributed by atoms with E-state index in [0.29, 0.717) is 5.56 Å². The van der Waals surface area contributed by atoms with Crippen molar-refractivity contribution in [3.05, 3.63) is 27.7 Å². The Morgan fingerprint density at radius 1 is 1.53 bits per heavy atom. The van der Waals surface area contributed by atoms with Crippen LogP contribution >= 0.6 is 15.9 Å². The van der Waals surface area contributed by atoms with Gasteiger partial charge in [-0.2, -0.15) is 14.0 Å². The molecule has 0 atom stereocenters. The molecule has 0 N–H and O–H groups in total. The minimum absolute atomic E-state index is 0.123. The number of carbonyl (C=O) groups excluding carboxylic acids is 1. The summed E-state index contributed by atoms with van der Waals surface area (Å²) >= 11 is 3.08. The molecule has 0 radical (unpaired) electrons. The van der Waals surface area contributed by atoms with Crippen LogP contribution in [0.15, 0.2) is 16.6 Å². The zero-order chi connectivity index (χ0) is 14.4. The van der Waals surface area contributed by atoms with E-state index in [1.54, 1.807) is 6.92 Å². The van der Waals surface area contributed by atoms with Gasteiger partial charge in [0.05, 0.1) is 29.1 Å². The largest absolute Gasteiger partial charge is 0.466 e. The number of halogens is 3.